The highest BCUT2D eigenvalue weighted by atomic mass is 19.1. The van der Waals surface area contributed by atoms with Gasteiger partial charge in [-0.3, -0.25) is 9.59 Å². The normalized spacial score (nSPS) is 21.7. The Labute approximate surface area is 190 Å². The zero-order valence-electron chi connectivity index (χ0n) is 17.9. The molecule has 6 nitrogen and oxygen atoms in total. The molecule has 0 amide bonds. The first-order chi connectivity index (χ1) is 16.0. The van der Waals surface area contributed by atoms with Crippen LogP contribution in [-0.2, 0) is 30.2 Å². The minimum absolute atomic E-state index is 0.0480. The number of carbonyl (C=O) groups is 2. The largest absolute Gasteiger partial charge is 0.463 e. The van der Waals surface area contributed by atoms with Crippen molar-refractivity contribution in [2.75, 3.05) is 25.2 Å². The Morgan fingerprint density at radius 2 is 1.70 bits per heavy atom. The Morgan fingerprint density at radius 1 is 1.03 bits per heavy atom. The van der Waals surface area contributed by atoms with Gasteiger partial charge >= 0.3 is 0 Å². The van der Waals surface area contributed by atoms with Crippen LogP contribution in [0.5, 0.6) is 0 Å². The number of fused-ring (bicyclic) bond motifs is 2. The Morgan fingerprint density at radius 3 is 2.36 bits per heavy atom. The fraction of sp³-hybridized carbons (Fsp3) is 0.280. The van der Waals surface area contributed by atoms with Crippen LogP contribution in [0, 0.1) is 11.6 Å². The molecule has 4 rings (SSSR count). The van der Waals surface area contributed by atoms with E-state index in [0.717, 1.165) is 5.56 Å². The molecule has 0 radical (unpaired) electrons. The van der Waals surface area contributed by atoms with Crippen molar-refractivity contribution in [2.45, 2.75) is 24.2 Å². The Kier molecular flexibility index (Phi) is 6.55. The van der Waals surface area contributed by atoms with E-state index in [2.05, 4.69) is 0 Å². The standard InChI is InChI=1S/C25H23F2NO5/c1-28(24-20(26)8-5-9-21(24)27)23(12-17-6-3-2-4-7-17)25-11-10-22(33-25)18(13-31-15-29)19(25)14-32-16-30/h2-11,15-16,22-23H,12-14H2,1H3. The van der Waals surface area contributed by atoms with E-state index in [1.165, 1.54) is 23.1 Å². The third-order valence-corrected chi connectivity index (χ3v) is 6.17. The van der Waals surface area contributed by atoms with Gasteiger partial charge in [0, 0.05) is 18.2 Å². The summed E-state index contributed by atoms with van der Waals surface area (Å²) in [6, 6.07) is 12.6. The molecule has 2 bridgehead atoms. The number of hydrogen-bond donors (Lipinski definition) is 0. The number of hydrogen-bond acceptors (Lipinski definition) is 6. The predicted molar refractivity (Wildman–Crippen MR) is 116 cm³/mol. The number of nitrogens with zero attached hydrogens (tertiary/aromatic N) is 1. The predicted octanol–water partition coefficient (Wildman–Crippen LogP) is 3.36. The lowest BCUT2D eigenvalue weighted by atomic mass is 9.78. The first-order valence-electron chi connectivity index (χ1n) is 10.4. The van der Waals surface area contributed by atoms with Gasteiger partial charge in [0.2, 0.25) is 0 Å². The van der Waals surface area contributed by atoms with Gasteiger partial charge in [0.15, 0.2) is 0 Å². The molecule has 0 N–H and O–H groups in total. The van der Waals surface area contributed by atoms with Gasteiger partial charge in [-0.2, -0.15) is 0 Å². The molecule has 0 saturated carbocycles. The van der Waals surface area contributed by atoms with Crippen LogP contribution < -0.4 is 4.90 Å². The van der Waals surface area contributed by atoms with Crippen LogP contribution in [0.25, 0.3) is 0 Å². The van der Waals surface area contributed by atoms with Gasteiger partial charge in [-0.1, -0.05) is 42.5 Å². The topological polar surface area (TPSA) is 65.1 Å². The third-order valence-electron chi connectivity index (χ3n) is 6.17. The fourth-order valence-electron chi connectivity index (χ4n) is 4.70. The van der Waals surface area contributed by atoms with Crippen LogP contribution in [0.2, 0.25) is 0 Å². The highest BCUT2D eigenvalue weighted by Crippen LogP contribution is 2.48. The number of ether oxygens (including phenoxy) is 3. The van der Waals surface area contributed by atoms with Gasteiger partial charge in [0.1, 0.15) is 42.2 Å². The number of halogens is 2. The minimum Gasteiger partial charge on any atom is -0.463 e. The molecule has 0 spiro atoms. The molecule has 0 aliphatic carbocycles. The average molecular weight is 455 g/mol. The molecule has 0 aromatic heterocycles. The molecule has 3 atom stereocenters. The zero-order valence-corrected chi connectivity index (χ0v) is 17.9. The highest BCUT2D eigenvalue weighted by molar-refractivity contribution is 5.56. The SMILES string of the molecule is CN(c1c(F)cccc1F)C(Cc1ccccc1)C12C=CC(O1)C(COC=O)=C2COC=O. The quantitative estimate of drug-likeness (QED) is 0.383. The van der Waals surface area contributed by atoms with Crippen molar-refractivity contribution >= 4 is 18.6 Å². The second-order valence-electron chi connectivity index (χ2n) is 7.90. The molecule has 172 valence electrons. The Bertz CT molecular complexity index is 1070. The number of rotatable bonds is 11. The van der Waals surface area contributed by atoms with Gasteiger partial charge in [-0.15, -0.1) is 0 Å². The van der Waals surface area contributed by atoms with Gasteiger partial charge in [0.25, 0.3) is 12.9 Å². The number of likely N-dealkylation sites (N-methyl/N-ethyl adjacent to an activating group) is 1. The summed E-state index contributed by atoms with van der Waals surface area (Å²) in [6.07, 6.45) is 3.51. The van der Waals surface area contributed by atoms with Gasteiger partial charge in [-0.05, 0) is 30.2 Å². The van der Waals surface area contributed by atoms with Crippen molar-refractivity contribution in [3.8, 4) is 0 Å². The molecule has 3 unspecified atom stereocenters. The summed E-state index contributed by atoms with van der Waals surface area (Å²) in [6.45, 7) is 0.491. The fourth-order valence-corrected chi connectivity index (χ4v) is 4.70. The van der Waals surface area contributed by atoms with Crippen LogP contribution in [0.4, 0.5) is 14.5 Å². The van der Waals surface area contributed by atoms with E-state index in [4.69, 9.17) is 14.2 Å². The number of anilines is 1. The lowest BCUT2D eigenvalue weighted by molar-refractivity contribution is -0.129. The molecule has 2 aliphatic heterocycles. The minimum atomic E-state index is -1.16. The molecule has 2 aliphatic rings. The maximum atomic E-state index is 14.8. The summed E-state index contributed by atoms with van der Waals surface area (Å²) in [5.41, 5.74) is 0.810. The molecule has 2 heterocycles. The highest BCUT2D eigenvalue weighted by Gasteiger charge is 2.55. The monoisotopic (exact) mass is 455 g/mol. The second kappa shape index (κ2) is 9.54. The molecule has 0 saturated heterocycles. The van der Waals surface area contributed by atoms with Crippen LogP contribution in [0.15, 0.2) is 71.8 Å². The van der Waals surface area contributed by atoms with E-state index in [1.54, 1.807) is 7.05 Å². The maximum Gasteiger partial charge on any atom is 0.293 e. The molecule has 8 heteroatoms. The Balaban J connectivity index is 1.83. The summed E-state index contributed by atoms with van der Waals surface area (Å²) in [5, 5.41) is 0. The maximum absolute atomic E-state index is 14.8. The zero-order chi connectivity index (χ0) is 23.4. The summed E-state index contributed by atoms with van der Waals surface area (Å²) in [5.74, 6) is -1.41. The van der Waals surface area contributed by atoms with E-state index in [-0.39, 0.29) is 18.9 Å². The number of carbonyl (C=O) groups excluding carboxylic acids is 2. The summed E-state index contributed by atoms with van der Waals surface area (Å²) >= 11 is 0. The lowest BCUT2D eigenvalue weighted by Gasteiger charge is -2.42. The van der Waals surface area contributed by atoms with E-state index in [0.29, 0.717) is 30.5 Å². The van der Waals surface area contributed by atoms with E-state index in [9.17, 15) is 18.4 Å². The van der Waals surface area contributed by atoms with Crippen LogP contribution >= 0.6 is 0 Å². The first-order valence-corrected chi connectivity index (χ1v) is 10.4. The number of para-hydroxylation sites is 1. The average Bonchev–Trinajstić information content (AvgIpc) is 3.38. The van der Waals surface area contributed by atoms with Crippen LogP contribution in [-0.4, -0.2) is 51.0 Å². The van der Waals surface area contributed by atoms with Gasteiger partial charge in [0.05, 0.1) is 6.04 Å². The van der Waals surface area contributed by atoms with Crippen LogP contribution in [0.1, 0.15) is 5.56 Å². The van der Waals surface area contributed by atoms with Gasteiger partial charge < -0.3 is 19.1 Å². The molecule has 2 aromatic carbocycles. The van der Waals surface area contributed by atoms with Crippen LogP contribution in [0.3, 0.4) is 0 Å². The van der Waals surface area contributed by atoms with Gasteiger partial charge in [-0.25, -0.2) is 8.78 Å². The van der Waals surface area contributed by atoms with Crippen molar-refractivity contribution in [3.05, 3.63) is 89.0 Å². The second-order valence-corrected chi connectivity index (χ2v) is 7.90. The van der Waals surface area contributed by atoms with Crippen molar-refractivity contribution in [2.24, 2.45) is 0 Å². The summed E-state index contributed by atoms with van der Waals surface area (Å²) < 4.78 is 46.0. The molecular weight excluding hydrogens is 432 g/mol. The molecular formula is C25H23F2NO5. The summed E-state index contributed by atoms with van der Waals surface area (Å²) in [7, 11) is 1.60. The van der Waals surface area contributed by atoms with Crippen molar-refractivity contribution in [1.29, 1.82) is 0 Å². The smallest absolute Gasteiger partial charge is 0.293 e. The van der Waals surface area contributed by atoms with Crippen molar-refractivity contribution in [1.82, 2.24) is 0 Å². The number of benzene rings is 2. The van der Waals surface area contributed by atoms with E-state index < -0.39 is 29.4 Å². The molecule has 33 heavy (non-hydrogen) atoms. The van der Waals surface area contributed by atoms with E-state index in [1.807, 2.05) is 42.5 Å². The van der Waals surface area contributed by atoms with Crippen molar-refractivity contribution < 1.29 is 32.6 Å². The first kappa shape index (κ1) is 22.7. The third kappa shape index (κ3) is 4.14. The molecule has 2 aromatic rings. The van der Waals surface area contributed by atoms with E-state index >= 15 is 0 Å². The lowest BCUT2D eigenvalue weighted by Crippen LogP contribution is -2.53. The Hall–Kier alpha value is -3.52. The summed E-state index contributed by atoms with van der Waals surface area (Å²) in [4.78, 5) is 23.3. The van der Waals surface area contributed by atoms with Crippen molar-refractivity contribution in [3.63, 3.8) is 0 Å². The molecule has 0 fully saturated rings.